The molecule has 0 N–H and O–H groups in total. The molecular formula is C23H30N2O5S. The molecule has 2 aliphatic heterocycles. The summed E-state index contributed by atoms with van der Waals surface area (Å²) >= 11 is 0. The van der Waals surface area contributed by atoms with Crippen molar-refractivity contribution in [2.24, 2.45) is 5.92 Å². The summed E-state index contributed by atoms with van der Waals surface area (Å²) in [4.78, 5) is 17.0. The molecule has 2 heterocycles. The first-order valence-corrected chi connectivity index (χ1v) is 12.2. The van der Waals surface area contributed by atoms with Crippen LogP contribution in [0, 0.1) is 5.92 Å². The fourth-order valence-corrected chi connectivity index (χ4v) is 6.47. The van der Waals surface area contributed by atoms with Crippen molar-refractivity contribution in [3.05, 3.63) is 36.4 Å². The average Bonchev–Trinajstić information content (AvgIpc) is 2.95. The fourth-order valence-electron chi connectivity index (χ4n) is 5.15. The van der Waals surface area contributed by atoms with E-state index in [9.17, 15) is 13.2 Å². The van der Waals surface area contributed by atoms with E-state index in [1.165, 1.54) is 0 Å². The van der Waals surface area contributed by atoms with Crippen LogP contribution < -0.4 is 4.90 Å². The van der Waals surface area contributed by atoms with Crippen LogP contribution >= 0.6 is 0 Å². The van der Waals surface area contributed by atoms with Crippen molar-refractivity contribution in [1.82, 2.24) is 4.90 Å². The molecular weight excluding hydrogens is 416 g/mol. The molecule has 2 aliphatic rings. The summed E-state index contributed by atoms with van der Waals surface area (Å²) in [7, 11) is 1.74. The predicted molar refractivity (Wildman–Crippen MR) is 120 cm³/mol. The number of carbonyl (C=O) groups is 1. The molecule has 4 atom stereocenters. The Morgan fingerprint density at radius 2 is 1.84 bits per heavy atom. The highest BCUT2D eigenvalue weighted by molar-refractivity contribution is 7.87. The first-order valence-electron chi connectivity index (χ1n) is 10.8. The normalized spacial score (nSPS) is 26.2. The van der Waals surface area contributed by atoms with Crippen LogP contribution in [-0.4, -0.2) is 65.2 Å². The number of fused-ring (bicyclic) bond motifs is 3. The standard InChI is InChI=1S/C23H30N2O5S/c1-5-29-23(26)22-19-13-12-15(25(19)4)14-20(22)30-31(27,28)21-11-7-8-16-17(21)9-6-10-18(16)24(2)3/h6-11,15,19-20,22H,5,12-14H2,1-4H3/t15-,19+,20-,22+/m1/s1. The van der Waals surface area contributed by atoms with Gasteiger partial charge in [0.1, 0.15) is 4.90 Å². The summed E-state index contributed by atoms with van der Waals surface area (Å²) in [6.45, 7) is 2.01. The van der Waals surface area contributed by atoms with Crippen molar-refractivity contribution >= 4 is 32.5 Å². The summed E-state index contributed by atoms with van der Waals surface area (Å²) in [6, 6.07) is 10.9. The SMILES string of the molecule is CCOC(=O)[C@@H]1[C@H](OS(=O)(=O)c2cccc3c(N(C)C)cccc23)C[C@H]2CC[C@@H]1N2C. The fraction of sp³-hybridized carbons (Fsp3) is 0.522. The first-order chi connectivity index (χ1) is 14.7. The second-order valence-corrected chi connectivity index (χ2v) is 10.1. The van der Waals surface area contributed by atoms with E-state index in [4.69, 9.17) is 8.92 Å². The molecule has 0 amide bonds. The Bertz CT molecular complexity index is 1080. The molecule has 7 nitrogen and oxygen atoms in total. The van der Waals surface area contributed by atoms with Crippen LogP contribution in [0.1, 0.15) is 26.2 Å². The lowest BCUT2D eigenvalue weighted by Crippen LogP contribution is -2.53. The highest BCUT2D eigenvalue weighted by atomic mass is 32.2. The Balaban J connectivity index is 1.71. The largest absolute Gasteiger partial charge is 0.466 e. The lowest BCUT2D eigenvalue weighted by Gasteiger charge is -2.40. The van der Waals surface area contributed by atoms with Gasteiger partial charge in [0, 0.05) is 42.6 Å². The van der Waals surface area contributed by atoms with Gasteiger partial charge in [0.25, 0.3) is 10.1 Å². The Kier molecular flexibility index (Phi) is 5.98. The van der Waals surface area contributed by atoms with Crippen LogP contribution in [0.3, 0.4) is 0 Å². The van der Waals surface area contributed by atoms with E-state index in [1.807, 2.05) is 44.2 Å². The second kappa shape index (κ2) is 8.41. The molecule has 0 unspecified atom stereocenters. The number of esters is 1. The van der Waals surface area contributed by atoms with Gasteiger partial charge in [-0.25, -0.2) is 0 Å². The second-order valence-electron chi connectivity index (χ2n) is 8.59. The number of hydrogen-bond acceptors (Lipinski definition) is 7. The molecule has 2 aromatic carbocycles. The maximum absolute atomic E-state index is 13.4. The summed E-state index contributed by atoms with van der Waals surface area (Å²) in [5.41, 5.74) is 0.927. The Morgan fingerprint density at radius 1 is 1.13 bits per heavy atom. The lowest BCUT2D eigenvalue weighted by molar-refractivity contribution is -0.156. The van der Waals surface area contributed by atoms with Gasteiger partial charge in [-0.05, 0) is 45.4 Å². The van der Waals surface area contributed by atoms with Gasteiger partial charge in [-0.2, -0.15) is 8.42 Å². The summed E-state index contributed by atoms with van der Waals surface area (Å²) in [6.07, 6.45) is 1.52. The third-order valence-corrected chi connectivity index (χ3v) is 8.03. The molecule has 0 aliphatic carbocycles. The molecule has 4 rings (SSSR count). The third-order valence-electron chi connectivity index (χ3n) is 6.63. The summed E-state index contributed by atoms with van der Waals surface area (Å²) < 4.78 is 38.0. The number of anilines is 1. The Hall–Kier alpha value is -2.16. The molecule has 2 aromatic rings. The van der Waals surface area contributed by atoms with Crippen molar-refractivity contribution in [2.45, 2.75) is 49.3 Å². The molecule has 2 saturated heterocycles. The minimum Gasteiger partial charge on any atom is -0.466 e. The highest BCUT2D eigenvalue weighted by Gasteiger charge is 2.51. The maximum Gasteiger partial charge on any atom is 0.313 e. The molecule has 8 heteroatoms. The van der Waals surface area contributed by atoms with Crippen LogP contribution in [-0.2, 0) is 23.8 Å². The van der Waals surface area contributed by atoms with Crippen molar-refractivity contribution in [2.75, 3.05) is 32.6 Å². The summed E-state index contributed by atoms with van der Waals surface area (Å²) in [5.74, 6) is -1.00. The molecule has 0 saturated carbocycles. The van der Waals surface area contributed by atoms with Crippen molar-refractivity contribution in [3.63, 3.8) is 0 Å². The number of benzene rings is 2. The van der Waals surface area contributed by atoms with E-state index < -0.39 is 22.1 Å². The van der Waals surface area contributed by atoms with Crippen LogP contribution in [0.15, 0.2) is 41.3 Å². The third kappa shape index (κ3) is 3.92. The quantitative estimate of drug-likeness (QED) is 0.499. The monoisotopic (exact) mass is 446 g/mol. The lowest BCUT2D eigenvalue weighted by atomic mass is 9.88. The van der Waals surface area contributed by atoms with Gasteiger partial charge in [0.05, 0.1) is 18.6 Å². The van der Waals surface area contributed by atoms with E-state index in [-0.39, 0.29) is 29.6 Å². The number of ether oxygens (including phenoxy) is 1. The van der Waals surface area contributed by atoms with Gasteiger partial charge < -0.3 is 9.64 Å². The van der Waals surface area contributed by atoms with Crippen LogP contribution in [0.2, 0.25) is 0 Å². The molecule has 0 aromatic heterocycles. The topological polar surface area (TPSA) is 76.1 Å². The van der Waals surface area contributed by atoms with Gasteiger partial charge in [-0.1, -0.05) is 24.3 Å². The van der Waals surface area contributed by atoms with Gasteiger partial charge in [0.2, 0.25) is 0 Å². The van der Waals surface area contributed by atoms with Crippen LogP contribution in [0.25, 0.3) is 10.8 Å². The number of carbonyl (C=O) groups excluding carboxylic acids is 1. The van der Waals surface area contributed by atoms with Crippen LogP contribution in [0.5, 0.6) is 0 Å². The molecule has 2 fully saturated rings. The van der Waals surface area contributed by atoms with Crippen molar-refractivity contribution < 1.29 is 22.1 Å². The Labute approximate surface area is 184 Å². The highest BCUT2D eigenvalue weighted by Crippen LogP contribution is 2.41. The minimum atomic E-state index is -4.09. The molecule has 168 valence electrons. The number of hydrogen-bond donors (Lipinski definition) is 0. The molecule has 31 heavy (non-hydrogen) atoms. The average molecular weight is 447 g/mol. The van der Waals surface area contributed by atoms with E-state index in [0.717, 1.165) is 23.9 Å². The zero-order valence-electron chi connectivity index (χ0n) is 18.4. The van der Waals surface area contributed by atoms with E-state index in [2.05, 4.69) is 4.90 Å². The summed E-state index contributed by atoms with van der Waals surface area (Å²) in [5, 5.41) is 1.44. The minimum absolute atomic E-state index is 0.0640. The van der Waals surface area contributed by atoms with Gasteiger partial charge in [-0.15, -0.1) is 0 Å². The van der Waals surface area contributed by atoms with E-state index >= 15 is 0 Å². The van der Waals surface area contributed by atoms with Gasteiger partial charge in [-0.3, -0.25) is 13.9 Å². The van der Waals surface area contributed by atoms with Gasteiger partial charge >= 0.3 is 5.97 Å². The van der Waals surface area contributed by atoms with Crippen LogP contribution in [0.4, 0.5) is 5.69 Å². The number of piperidine rings is 1. The van der Waals surface area contributed by atoms with E-state index in [1.54, 1.807) is 25.1 Å². The number of rotatable bonds is 6. The van der Waals surface area contributed by atoms with Crippen molar-refractivity contribution in [1.29, 1.82) is 0 Å². The van der Waals surface area contributed by atoms with Crippen molar-refractivity contribution in [3.8, 4) is 0 Å². The first kappa shape index (κ1) is 22.0. The molecule has 2 bridgehead atoms. The zero-order chi connectivity index (χ0) is 22.3. The smallest absolute Gasteiger partial charge is 0.313 e. The molecule has 0 spiro atoms. The van der Waals surface area contributed by atoms with E-state index in [0.29, 0.717) is 11.8 Å². The number of nitrogens with zero attached hydrogens (tertiary/aromatic N) is 2. The Morgan fingerprint density at radius 3 is 2.55 bits per heavy atom. The zero-order valence-corrected chi connectivity index (χ0v) is 19.3. The molecule has 0 radical (unpaired) electrons. The predicted octanol–water partition coefficient (Wildman–Crippen LogP) is 3.03. The van der Waals surface area contributed by atoms with Gasteiger partial charge in [0.15, 0.2) is 0 Å². The maximum atomic E-state index is 13.4.